The van der Waals surface area contributed by atoms with Crippen LogP contribution < -0.4 is 16.4 Å². The number of nitrogens with one attached hydrogen (secondary N) is 2. The summed E-state index contributed by atoms with van der Waals surface area (Å²) >= 11 is 0. The largest absolute Gasteiger partial charge is 0.470 e. The molecule has 0 spiro atoms. The molecule has 42 heavy (non-hydrogen) atoms. The fourth-order valence-corrected chi connectivity index (χ4v) is 5.56. The second-order valence-corrected chi connectivity index (χ2v) is 13.5. The minimum atomic E-state index is -4.86. The van der Waals surface area contributed by atoms with E-state index in [1.807, 2.05) is 24.8 Å². The van der Waals surface area contributed by atoms with E-state index in [0.29, 0.717) is 31.6 Å². The normalized spacial score (nSPS) is 26.2. The zero-order valence-corrected chi connectivity index (χ0v) is 25.5. The van der Waals surface area contributed by atoms with E-state index in [-0.39, 0.29) is 40.4 Å². The van der Waals surface area contributed by atoms with Crippen molar-refractivity contribution >= 4 is 24.1 Å². The number of halogens is 3. The maximum atomic E-state index is 12.4. The lowest BCUT2D eigenvalue weighted by Gasteiger charge is -2.25. The van der Waals surface area contributed by atoms with Gasteiger partial charge in [0.1, 0.15) is 6.04 Å². The van der Waals surface area contributed by atoms with Crippen LogP contribution in [0.4, 0.5) is 13.2 Å². The summed E-state index contributed by atoms with van der Waals surface area (Å²) in [6.07, 6.45) is 2.42. The number of carbonyl (C=O) groups excluding carboxylic acids is 4. The van der Waals surface area contributed by atoms with Crippen LogP contribution in [-0.2, 0) is 23.9 Å². The fraction of sp³-hybridized carbons (Fsp3) is 0.828. The molecule has 2 saturated carbocycles. The van der Waals surface area contributed by atoms with Gasteiger partial charge in [0.05, 0.1) is 24.2 Å². The first-order chi connectivity index (χ1) is 19.2. The van der Waals surface area contributed by atoms with Crippen LogP contribution in [0, 0.1) is 34.5 Å². The van der Waals surface area contributed by atoms with Gasteiger partial charge < -0.3 is 26.0 Å². The molecule has 10 nitrogen and oxygen atoms in total. The van der Waals surface area contributed by atoms with Gasteiger partial charge in [0.2, 0.25) is 18.2 Å². The molecule has 4 fully saturated rings. The molecule has 238 valence electrons. The number of rotatable bonds is 9. The molecule has 2 heterocycles. The summed E-state index contributed by atoms with van der Waals surface area (Å²) in [5.74, 6) is -0.811. The van der Waals surface area contributed by atoms with Crippen LogP contribution in [0.5, 0.6) is 0 Å². The summed E-state index contributed by atoms with van der Waals surface area (Å²) in [7, 11) is 0. The highest BCUT2D eigenvalue weighted by Crippen LogP contribution is 2.57. The molecular formula is C29H46F3N5O5. The predicted molar refractivity (Wildman–Crippen MR) is 148 cm³/mol. The number of ether oxygens (including phenoxy) is 1. The first-order valence-electron chi connectivity index (χ1n) is 14.5. The highest BCUT2D eigenvalue weighted by molar-refractivity contribution is 5.82. The molecule has 2 saturated heterocycles. The Balaban J connectivity index is 0.000000248. The lowest BCUT2D eigenvalue weighted by Crippen LogP contribution is -2.35. The third-order valence-electron chi connectivity index (χ3n) is 8.56. The van der Waals surface area contributed by atoms with Crippen molar-refractivity contribution in [2.24, 2.45) is 28.9 Å². The third-order valence-corrected chi connectivity index (χ3v) is 8.56. The van der Waals surface area contributed by atoms with E-state index in [2.05, 4.69) is 44.1 Å². The van der Waals surface area contributed by atoms with Gasteiger partial charge >= 0.3 is 12.1 Å². The van der Waals surface area contributed by atoms with Crippen molar-refractivity contribution < 1.29 is 37.1 Å². The summed E-state index contributed by atoms with van der Waals surface area (Å²) in [4.78, 5) is 45.3. The molecule has 13 heteroatoms. The maximum Gasteiger partial charge on any atom is 0.470 e. The number of nitrogens with two attached hydrogens (primary N) is 1. The van der Waals surface area contributed by atoms with Crippen LogP contribution >= 0.6 is 0 Å². The van der Waals surface area contributed by atoms with Crippen LogP contribution in [0.15, 0.2) is 0 Å². The van der Waals surface area contributed by atoms with E-state index in [9.17, 15) is 27.6 Å². The number of amides is 4. The molecule has 0 bridgehead atoms. The average Bonchev–Trinajstić information content (AvgIpc) is 3.77. The smallest absolute Gasteiger partial charge is 0.371 e. The fourth-order valence-electron chi connectivity index (χ4n) is 5.56. The Kier molecular flexibility index (Phi) is 11.4. The molecule has 0 aromatic carbocycles. The maximum absolute atomic E-state index is 12.4. The topological polar surface area (TPSA) is 155 Å². The lowest BCUT2D eigenvalue weighted by molar-refractivity contribution is -0.169. The van der Waals surface area contributed by atoms with Crippen molar-refractivity contribution in [3.05, 3.63) is 0 Å². The van der Waals surface area contributed by atoms with E-state index in [1.54, 1.807) is 0 Å². The molecule has 4 N–H and O–H groups in total. The molecule has 4 atom stereocenters. The van der Waals surface area contributed by atoms with Crippen LogP contribution in [0.3, 0.4) is 0 Å². The molecule has 4 aliphatic rings. The minimum absolute atomic E-state index is 0.0343. The van der Waals surface area contributed by atoms with Gasteiger partial charge in [-0.1, -0.05) is 20.8 Å². The Bertz CT molecular complexity index is 1030. The second kappa shape index (κ2) is 13.6. The van der Waals surface area contributed by atoms with Crippen LogP contribution in [0.2, 0.25) is 0 Å². The summed E-state index contributed by atoms with van der Waals surface area (Å²) in [5.41, 5.74) is 4.03. The number of carbonyl (C=O) groups is 4. The molecule has 3 unspecified atom stereocenters. The Morgan fingerprint density at radius 3 is 2.19 bits per heavy atom. The third kappa shape index (κ3) is 10.4. The van der Waals surface area contributed by atoms with Crippen molar-refractivity contribution in [2.45, 2.75) is 116 Å². The molecule has 2 aliphatic heterocycles. The lowest BCUT2D eigenvalue weighted by atomic mass is 9.84. The standard InChI is InChI=1S/C17H29NO2.C10H15N3O2.C2H2F3NO/c1-12-10-18(11-16(12,3)4)15(19)9-13(2)20-17(7-8-17)14-5-6-14;1-10(2)4-7(9(15)13-10)3-8(5-11)12-6-14;3-2(4,5)1(6)7/h12-14H,5-11H2,1-4H3;6-8H,3-4H2,1-2H3,(H,12,14)(H,13,15);(H2,6,7)/t12?,13-;;/m1../s1. The van der Waals surface area contributed by atoms with E-state index in [1.165, 1.54) is 25.7 Å². The molecular weight excluding hydrogens is 555 g/mol. The summed E-state index contributed by atoms with van der Waals surface area (Å²) in [6, 6.07) is 1.38. The molecule has 0 aromatic heterocycles. The molecule has 4 rings (SSSR count). The molecule has 0 radical (unpaired) electrons. The Hall–Kier alpha value is -2.88. The number of alkyl halides is 3. The number of likely N-dealkylation sites (tertiary alicyclic amines) is 1. The first kappa shape index (κ1) is 35.3. The van der Waals surface area contributed by atoms with Gasteiger partial charge in [0.25, 0.3) is 0 Å². The van der Waals surface area contributed by atoms with Crippen LogP contribution in [0.25, 0.3) is 0 Å². The molecule has 4 amide bonds. The number of hydrogen-bond acceptors (Lipinski definition) is 6. The number of hydrogen-bond donors (Lipinski definition) is 3. The van der Waals surface area contributed by atoms with Crippen LogP contribution in [-0.4, -0.2) is 71.6 Å². The highest BCUT2D eigenvalue weighted by atomic mass is 19.4. The van der Waals surface area contributed by atoms with E-state index in [4.69, 9.17) is 14.8 Å². The average molecular weight is 602 g/mol. The number of nitrogens with zero attached hydrogens (tertiary/aromatic N) is 2. The number of primary amides is 1. The quantitative estimate of drug-likeness (QED) is 0.345. The van der Waals surface area contributed by atoms with E-state index < -0.39 is 18.1 Å². The van der Waals surface area contributed by atoms with Gasteiger partial charge in [-0.3, -0.25) is 19.2 Å². The van der Waals surface area contributed by atoms with E-state index in [0.717, 1.165) is 19.0 Å². The van der Waals surface area contributed by atoms with Gasteiger partial charge in [0.15, 0.2) is 0 Å². The van der Waals surface area contributed by atoms with Crippen molar-refractivity contribution in [2.75, 3.05) is 13.1 Å². The first-order valence-corrected chi connectivity index (χ1v) is 14.5. The molecule has 0 aromatic rings. The Labute approximate surface area is 246 Å². The number of nitriles is 1. The van der Waals surface area contributed by atoms with E-state index >= 15 is 0 Å². The zero-order chi connectivity index (χ0) is 32.1. The van der Waals surface area contributed by atoms with Crippen molar-refractivity contribution in [1.82, 2.24) is 15.5 Å². The predicted octanol–water partition coefficient (Wildman–Crippen LogP) is 3.19. The summed E-state index contributed by atoms with van der Waals surface area (Å²) in [5, 5.41) is 14.0. The Morgan fingerprint density at radius 2 is 1.83 bits per heavy atom. The van der Waals surface area contributed by atoms with Gasteiger partial charge in [-0.2, -0.15) is 18.4 Å². The summed E-state index contributed by atoms with van der Waals surface area (Å²) < 4.78 is 38.3. The van der Waals surface area contributed by atoms with Crippen LogP contribution in [0.1, 0.15) is 86.5 Å². The summed E-state index contributed by atoms with van der Waals surface area (Å²) in [6.45, 7) is 14.5. The van der Waals surface area contributed by atoms with Gasteiger partial charge in [-0.05, 0) is 76.5 Å². The highest BCUT2D eigenvalue weighted by Gasteiger charge is 2.56. The molecule has 2 aliphatic carbocycles. The van der Waals surface area contributed by atoms with Gasteiger partial charge in [-0.25, -0.2) is 0 Å². The Morgan fingerprint density at radius 1 is 1.26 bits per heavy atom. The van der Waals surface area contributed by atoms with Gasteiger partial charge in [-0.15, -0.1) is 0 Å². The SMILES string of the molecule is CC1(C)CC(CC(C#N)NC=O)C(=O)N1.CC1CN(C(=O)C[C@@H](C)OC2(C3CC3)CC2)CC1(C)C.NC(=O)C(F)(F)F. The van der Waals surface area contributed by atoms with Gasteiger partial charge in [0, 0.05) is 24.5 Å². The van der Waals surface area contributed by atoms with Crippen molar-refractivity contribution in [1.29, 1.82) is 5.26 Å². The second-order valence-electron chi connectivity index (χ2n) is 13.5. The van der Waals surface area contributed by atoms with Crippen molar-refractivity contribution in [3.63, 3.8) is 0 Å². The zero-order valence-electron chi connectivity index (χ0n) is 25.5. The monoisotopic (exact) mass is 601 g/mol. The minimum Gasteiger partial charge on any atom is -0.371 e. The van der Waals surface area contributed by atoms with Crippen molar-refractivity contribution in [3.8, 4) is 6.07 Å².